The topological polar surface area (TPSA) is 24.9 Å². The lowest BCUT2D eigenvalue weighted by atomic mass is 10.1. The number of aryl methyl sites for hydroxylation is 1. The average Bonchev–Trinajstić information content (AvgIpc) is 2.53. The average molecular weight is 262 g/mol. The molecule has 0 amide bonds. The number of rotatable bonds is 4. The van der Waals surface area contributed by atoms with Crippen molar-refractivity contribution in [2.75, 3.05) is 5.32 Å². The SMILES string of the molecule is CCc1ccccc1CNc1ccc2ncccc2c1. The first-order chi connectivity index (χ1) is 9.86. The lowest BCUT2D eigenvalue weighted by Crippen LogP contribution is -2.02. The number of pyridine rings is 1. The van der Waals surface area contributed by atoms with Crippen molar-refractivity contribution in [2.45, 2.75) is 19.9 Å². The van der Waals surface area contributed by atoms with E-state index in [0.29, 0.717) is 0 Å². The highest BCUT2D eigenvalue weighted by atomic mass is 14.9. The Morgan fingerprint density at radius 1 is 0.950 bits per heavy atom. The first-order valence-electron chi connectivity index (χ1n) is 7.02. The van der Waals surface area contributed by atoms with Crippen LogP contribution >= 0.6 is 0 Å². The zero-order valence-corrected chi connectivity index (χ0v) is 11.6. The summed E-state index contributed by atoms with van der Waals surface area (Å²) in [6, 6.07) is 18.9. The smallest absolute Gasteiger partial charge is 0.0703 e. The summed E-state index contributed by atoms with van der Waals surface area (Å²) >= 11 is 0. The molecule has 2 nitrogen and oxygen atoms in total. The van der Waals surface area contributed by atoms with Gasteiger partial charge in [0.1, 0.15) is 0 Å². The molecule has 0 radical (unpaired) electrons. The largest absolute Gasteiger partial charge is 0.381 e. The van der Waals surface area contributed by atoms with Crippen LogP contribution in [0.1, 0.15) is 18.1 Å². The molecule has 1 aromatic heterocycles. The summed E-state index contributed by atoms with van der Waals surface area (Å²) in [6.45, 7) is 3.05. The first kappa shape index (κ1) is 12.7. The van der Waals surface area contributed by atoms with E-state index in [0.717, 1.165) is 24.2 Å². The van der Waals surface area contributed by atoms with Gasteiger partial charge in [0, 0.05) is 23.8 Å². The molecular formula is C18H18N2. The molecule has 0 bridgehead atoms. The minimum atomic E-state index is 0.857. The third-order valence-electron chi connectivity index (χ3n) is 3.59. The third-order valence-corrected chi connectivity index (χ3v) is 3.59. The summed E-state index contributed by atoms with van der Waals surface area (Å²) in [5.41, 5.74) is 4.94. The fraction of sp³-hybridized carbons (Fsp3) is 0.167. The Balaban J connectivity index is 1.79. The number of nitrogens with one attached hydrogen (secondary N) is 1. The molecule has 0 aliphatic rings. The van der Waals surface area contributed by atoms with Gasteiger partial charge in [0.05, 0.1) is 5.52 Å². The van der Waals surface area contributed by atoms with E-state index in [2.05, 4.69) is 65.8 Å². The van der Waals surface area contributed by atoms with Crippen LogP contribution in [-0.2, 0) is 13.0 Å². The monoisotopic (exact) mass is 262 g/mol. The highest BCUT2D eigenvalue weighted by molar-refractivity contribution is 5.82. The second kappa shape index (κ2) is 5.74. The maximum atomic E-state index is 4.34. The highest BCUT2D eigenvalue weighted by Gasteiger charge is 2.00. The van der Waals surface area contributed by atoms with Gasteiger partial charge < -0.3 is 5.32 Å². The van der Waals surface area contributed by atoms with Gasteiger partial charge in [-0.15, -0.1) is 0 Å². The summed E-state index contributed by atoms with van der Waals surface area (Å²) in [4.78, 5) is 4.34. The summed E-state index contributed by atoms with van der Waals surface area (Å²) in [6.07, 6.45) is 2.90. The molecule has 1 heterocycles. The van der Waals surface area contributed by atoms with Gasteiger partial charge in [0.25, 0.3) is 0 Å². The second-order valence-electron chi connectivity index (χ2n) is 4.89. The first-order valence-corrected chi connectivity index (χ1v) is 7.02. The van der Waals surface area contributed by atoms with Gasteiger partial charge in [-0.05, 0) is 41.8 Å². The van der Waals surface area contributed by atoms with Crippen LogP contribution in [0, 0.1) is 0 Å². The van der Waals surface area contributed by atoms with Crippen LogP contribution in [0.25, 0.3) is 10.9 Å². The van der Waals surface area contributed by atoms with Crippen LogP contribution in [0.5, 0.6) is 0 Å². The lowest BCUT2D eigenvalue weighted by molar-refractivity contribution is 1.04. The fourth-order valence-electron chi connectivity index (χ4n) is 2.46. The number of hydrogen-bond acceptors (Lipinski definition) is 2. The number of benzene rings is 2. The molecular weight excluding hydrogens is 244 g/mol. The molecule has 100 valence electrons. The van der Waals surface area contributed by atoms with E-state index < -0.39 is 0 Å². The van der Waals surface area contributed by atoms with Gasteiger partial charge in [-0.25, -0.2) is 0 Å². The molecule has 3 rings (SSSR count). The number of fused-ring (bicyclic) bond motifs is 1. The molecule has 0 saturated carbocycles. The van der Waals surface area contributed by atoms with Crippen LogP contribution in [-0.4, -0.2) is 4.98 Å². The van der Waals surface area contributed by atoms with E-state index in [4.69, 9.17) is 0 Å². The van der Waals surface area contributed by atoms with E-state index in [-0.39, 0.29) is 0 Å². The molecule has 0 fully saturated rings. The molecule has 0 aliphatic heterocycles. The van der Waals surface area contributed by atoms with Gasteiger partial charge in [-0.3, -0.25) is 4.98 Å². The Labute approximate surface area is 119 Å². The van der Waals surface area contributed by atoms with Crippen molar-refractivity contribution in [3.8, 4) is 0 Å². The normalized spacial score (nSPS) is 10.7. The van der Waals surface area contributed by atoms with Crippen LogP contribution in [0.2, 0.25) is 0 Å². The molecule has 0 aliphatic carbocycles. The maximum absolute atomic E-state index is 4.34. The Morgan fingerprint density at radius 3 is 2.65 bits per heavy atom. The number of anilines is 1. The predicted octanol–water partition coefficient (Wildman–Crippen LogP) is 4.41. The number of nitrogens with zero attached hydrogens (tertiary/aromatic N) is 1. The quantitative estimate of drug-likeness (QED) is 0.753. The summed E-state index contributed by atoms with van der Waals surface area (Å²) < 4.78 is 0. The van der Waals surface area contributed by atoms with Crippen molar-refractivity contribution in [1.82, 2.24) is 4.98 Å². The van der Waals surface area contributed by atoms with Gasteiger partial charge in [0.2, 0.25) is 0 Å². The lowest BCUT2D eigenvalue weighted by Gasteiger charge is -2.10. The minimum absolute atomic E-state index is 0.857. The maximum Gasteiger partial charge on any atom is 0.0703 e. The van der Waals surface area contributed by atoms with Gasteiger partial charge in [-0.1, -0.05) is 37.3 Å². The Bertz CT molecular complexity index is 719. The number of aromatic nitrogens is 1. The molecule has 2 aromatic carbocycles. The van der Waals surface area contributed by atoms with E-state index in [1.165, 1.54) is 16.5 Å². The summed E-state index contributed by atoms with van der Waals surface area (Å²) in [5.74, 6) is 0. The highest BCUT2D eigenvalue weighted by Crippen LogP contribution is 2.18. The molecule has 0 atom stereocenters. The Hall–Kier alpha value is -2.35. The molecule has 0 spiro atoms. The van der Waals surface area contributed by atoms with E-state index >= 15 is 0 Å². The van der Waals surface area contributed by atoms with Crippen LogP contribution in [0.15, 0.2) is 60.8 Å². The summed E-state index contributed by atoms with van der Waals surface area (Å²) in [5, 5.41) is 4.67. The van der Waals surface area contributed by atoms with Crippen molar-refractivity contribution in [3.63, 3.8) is 0 Å². The van der Waals surface area contributed by atoms with E-state index in [9.17, 15) is 0 Å². The zero-order valence-electron chi connectivity index (χ0n) is 11.6. The van der Waals surface area contributed by atoms with E-state index in [1.807, 2.05) is 12.3 Å². The standard InChI is InChI=1S/C18H18N2/c1-2-14-6-3-4-7-16(14)13-20-17-9-10-18-15(12-17)8-5-11-19-18/h3-12,20H,2,13H2,1H3. The Morgan fingerprint density at radius 2 is 1.80 bits per heavy atom. The van der Waals surface area contributed by atoms with Gasteiger partial charge >= 0.3 is 0 Å². The number of hydrogen-bond donors (Lipinski definition) is 1. The van der Waals surface area contributed by atoms with Crippen molar-refractivity contribution < 1.29 is 0 Å². The van der Waals surface area contributed by atoms with Crippen molar-refractivity contribution >= 4 is 16.6 Å². The molecule has 3 aromatic rings. The molecule has 0 saturated heterocycles. The van der Waals surface area contributed by atoms with Gasteiger partial charge in [-0.2, -0.15) is 0 Å². The fourth-order valence-corrected chi connectivity index (χ4v) is 2.46. The van der Waals surface area contributed by atoms with Gasteiger partial charge in [0.15, 0.2) is 0 Å². The Kier molecular flexibility index (Phi) is 3.64. The molecule has 1 N–H and O–H groups in total. The van der Waals surface area contributed by atoms with Crippen LogP contribution < -0.4 is 5.32 Å². The van der Waals surface area contributed by atoms with Crippen LogP contribution in [0.3, 0.4) is 0 Å². The molecule has 20 heavy (non-hydrogen) atoms. The van der Waals surface area contributed by atoms with Crippen molar-refractivity contribution in [2.24, 2.45) is 0 Å². The summed E-state index contributed by atoms with van der Waals surface area (Å²) in [7, 11) is 0. The molecule has 0 unspecified atom stereocenters. The minimum Gasteiger partial charge on any atom is -0.381 e. The van der Waals surface area contributed by atoms with E-state index in [1.54, 1.807) is 0 Å². The van der Waals surface area contributed by atoms with Crippen LogP contribution in [0.4, 0.5) is 5.69 Å². The van der Waals surface area contributed by atoms with Crippen molar-refractivity contribution in [1.29, 1.82) is 0 Å². The second-order valence-corrected chi connectivity index (χ2v) is 4.89. The predicted molar refractivity (Wildman–Crippen MR) is 84.9 cm³/mol. The zero-order chi connectivity index (χ0) is 13.8. The molecule has 2 heteroatoms. The third kappa shape index (κ3) is 2.64. The van der Waals surface area contributed by atoms with Crippen molar-refractivity contribution in [3.05, 3.63) is 71.9 Å².